The van der Waals surface area contributed by atoms with Crippen LogP contribution in [0, 0.1) is 11.3 Å². The highest BCUT2D eigenvalue weighted by molar-refractivity contribution is 5.85. The molecule has 35 heavy (non-hydrogen) atoms. The maximum atomic E-state index is 13.2. The first-order chi connectivity index (χ1) is 16.7. The number of carbonyl (C=O) groups is 1. The molecular weight excluding hydrogens is 442 g/mol. The van der Waals surface area contributed by atoms with Crippen molar-refractivity contribution in [3.63, 3.8) is 0 Å². The summed E-state index contributed by atoms with van der Waals surface area (Å²) in [5.74, 6) is 2.61. The normalized spacial score (nSPS) is 23.1. The second-order valence-corrected chi connectivity index (χ2v) is 10.7. The molecule has 0 unspecified atom stereocenters. The molecule has 0 aromatic carbocycles. The Kier molecular flexibility index (Phi) is 5.67. The van der Waals surface area contributed by atoms with E-state index in [2.05, 4.69) is 34.7 Å². The van der Waals surface area contributed by atoms with Gasteiger partial charge in [-0.15, -0.1) is 0 Å². The van der Waals surface area contributed by atoms with Gasteiger partial charge in [0.15, 0.2) is 0 Å². The molecule has 2 atom stereocenters. The maximum absolute atomic E-state index is 13.2. The standard InChI is InChI=1S/C26H33N7O2/c1-17-14-32(24(34)25(3,4)35-5)18(2)13-31(17)22-21-23(30-16-29-22)33(15-26(21)8-6-9-26)20-11-19(12-27)7-10-28-20/h7,10-11,16-18H,6,8-9,13-15H2,1-5H3/t17-,18-/m0/s1. The summed E-state index contributed by atoms with van der Waals surface area (Å²) in [6.07, 6.45) is 6.66. The minimum absolute atomic E-state index is 0.00971. The molecule has 1 saturated heterocycles. The fourth-order valence-corrected chi connectivity index (χ4v) is 5.70. The van der Waals surface area contributed by atoms with Gasteiger partial charge in [0.1, 0.15) is 29.4 Å². The minimum atomic E-state index is -0.853. The SMILES string of the molecule is COC(C)(C)C(=O)N1C[C@H](C)N(c2ncnc3c2C2(CCC2)CN3c2cc(C#N)ccn2)C[C@@H]1C. The van der Waals surface area contributed by atoms with Gasteiger partial charge in [0.25, 0.3) is 5.91 Å². The highest BCUT2D eigenvalue weighted by atomic mass is 16.5. The maximum Gasteiger partial charge on any atom is 0.254 e. The number of methoxy groups -OCH3 is 1. The highest BCUT2D eigenvalue weighted by Crippen LogP contribution is 2.56. The van der Waals surface area contributed by atoms with Crippen molar-refractivity contribution in [3.05, 3.63) is 35.8 Å². The predicted molar refractivity (Wildman–Crippen MR) is 133 cm³/mol. The van der Waals surface area contributed by atoms with Gasteiger partial charge in [0.05, 0.1) is 11.6 Å². The number of piperazine rings is 1. The van der Waals surface area contributed by atoms with Crippen molar-refractivity contribution in [1.82, 2.24) is 19.9 Å². The minimum Gasteiger partial charge on any atom is -0.369 e. The highest BCUT2D eigenvalue weighted by Gasteiger charge is 2.52. The van der Waals surface area contributed by atoms with Crippen LogP contribution in [0.3, 0.4) is 0 Å². The first-order valence-corrected chi connectivity index (χ1v) is 12.3. The summed E-state index contributed by atoms with van der Waals surface area (Å²) in [4.78, 5) is 33.7. The van der Waals surface area contributed by atoms with E-state index >= 15 is 0 Å². The lowest BCUT2D eigenvalue weighted by Gasteiger charge is -2.48. The third kappa shape index (κ3) is 3.71. The molecule has 5 rings (SSSR count). The van der Waals surface area contributed by atoms with E-state index in [9.17, 15) is 10.1 Å². The second-order valence-electron chi connectivity index (χ2n) is 10.7. The van der Waals surface area contributed by atoms with Crippen molar-refractivity contribution < 1.29 is 9.53 Å². The molecule has 0 N–H and O–H groups in total. The van der Waals surface area contributed by atoms with Crippen molar-refractivity contribution >= 4 is 23.4 Å². The van der Waals surface area contributed by atoms with Crippen molar-refractivity contribution in [2.24, 2.45) is 0 Å². The zero-order valence-electron chi connectivity index (χ0n) is 21.2. The number of anilines is 3. The Hall–Kier alpha value is -3.25. The lowest BCUT2D eigenvalue weighted by molar-refractivity contribution is -0.154. The number of hydrogen-bond acceptors (Lipinski definition) is 8. The molecule has 3 aliphatic rings. The van der Waals surface area contributed by atoms with Gasteiger partial charge in [-0.25, -0.2) is 15.0 Å². The number of amides is 1. The topological polar surface area (TPSA) is 98.5 Å². The number of ether oxygens (including phenoxy) is 1. The van der Waals surface area contributed by atoms with Crippen LogP contribution in [0.15, 0.2) is 24.7 Å². The monoisotopic (exact) mass is 475 g/mol. The average Bonchev–Trinajstić information content (AvgIpc) is 3.21. The zero-order valence-corrected chi connectivity index (χ0v) is 21.2. The molecule has 4 heterocycles. The Morgan fingerprint density at radius 2 is 1.91 bits per heavy atom. The van der Waals surface area contributed by atoms with Gasteiger partial charge in [0.2, 0.25) is 0 Å². The van der Waals surface area contributed by atoms with Gasteiger partial charge >= 0.3 is 0 Å². The van der Waals surface area contributed by atoms with E-state index in [1.165, 1.54) is 12.0 Å². The summed E-state index contributed by atoms with van der Waals surface area (Å²) in [6.45, 7) is 9.97. The summed E-state index contributed by atoms with van der Waals surface area (Å²) < 4.78 is 5.47. The Labute approximate surface area is 206 Å². The molecule has 1 spiro atoms. The Morgan fingerprint density at radius 1 is 1.17 bits per heavy atom. The number of aromatic nitrogens is 3. The number of nitriles is 1. The number of fused-ring (bicyclic) bond motifs is 2. The largest absolute Gasteiger partial charge is 0.369 e. The second kappa shape index (κ2) is 8.45. The molecule has 0 radical (unpaired) electrons. The molecule has 2 aromatic rings. The summed E-state index contributed by atoms with van der Waals surface area (Å²) >= 11 is 0. The molecule has 2 aliphatic heterocycles. The van der Waals surface area contributed by atoms with Gasteiger partial charge in [0, 0.05) is 56.0 Å². The number of pyridine rings is 1. The van der Waals surface area contributed by atoms with Crippen molar-refractivity contribution in [2.75, 3.05) is 36.5 Å². The van der Waals surface area contributed by atoms with Gasteiger partial charge in [-0.3, -0.25) is 4.79 Å². The first kappa shape index (κ1) is 23.5. The molecule has 184 valence electrons. The lowest BCUT2D eigenvalue weighted by atomic mass is 9.66. The molecule has 1 saturated carbocycles. The predicted octanol–water partition coefficient (Wildman–Crippen LogP) is 3.17. The molecule has 9 nitrogen and oxygen atoms in total. The van der Waals surface area contributed by atoms with Crippen LogP contribution in [0.4, 0.5) is 17.5 Å². The van der Waals surface area contributed by atoms with Gasteiger partial charge in [-0.2, -0.15) is 5.26 Å². The van der Waals surface area contributed by atoms with Crippen LogP contribution >= 0.6 is 0 Å². The van der Waals surface area contributed by atoms with Gasteiger partial charge in [-0.1, -0.05) is 6.42 Å². The fourth-order valence-electron chi connectivity index (χ4n) is 5.70. The van der Waals surface area contributed by atoms with Gasteiger partial charge in [-0.05, 0) is 52.7 Å². The molecule has 1 amide bonds. The van der Waals surface area contributed by atoms with Crippen molar-refractivity contribution in [2.45, 2.75) is 70.1 Å². The van der Waals surface area contributed by atoms with E-state index < -0.39 is 5.60 Å². The first-order valence-electron chi connectivity index (χ1n) is 12.3. The fraction of sp³-hybridized carbons (Fsp3) is 0.577. The van der Waals surface area contributed by atoms with Crippen LogP contribution in [-0.4, -0.2) is 70.2 Å². The molecular formula is C26H33N7O2. The van der Waals surface area contributed by atoms with E-state index in [-0.39, 0.29) is 23.4 Å². The van der Waals surface area contributed by atoms with Crippen LogP contribution in [-0.2, 0) is 14.9 Å². The number of rotatable bonds is 4. The van der Waals surface area contributed by atoms with Crippen LogP contribution in [0.25, 0.3) is 0 Å². The number of nitrogens with zero attached hydrogens (tertiary/aromatic N) is 7. The molecule has 0 bridgehead atoms. The third-order valence-electron chi connectivity index (χ3n) is 8.06. The van der Waals surface area contributed by atoms with Crippen molar-refractivity contribution in [3.8, 4) is 6.07 Å². The smallest absolute Gasteiger partial charge is 0.254 e. The van der Waals surface area contributed by atoms with E-state index in [1.54, 1.807) is 25.7 Å². The van der Waals surface area contributed by atoms with Crippen molar-refractivity contribution in [1.29, 1.82) is 5.26 Å². The average molecular weight is 476 g/mol. The summed E-state index contributed by atoms with van der Waals surface area (Å²) in [6, 6.07) is 5.87. The Morgan fingerprint density at radius 3 is 2.57 bits per heavy atom. The summed E-state index contributed by atoms with van der Waals surface area (Å²) in [5.41, 5.74) is 0.909. The summed E-state index contributed by atoms with van der Waals surface area (Å²) in [7, 11) is 1.58. The number of carbonyl (C=O) groups excluding carboxylic acids is 1. The molecule has 2 aromatic heterocycles. The van der Waals surface area contributed by atoms with E-state index in [1.807, 2.05) is 24.8 Å². The van der Waals surface area contributed by atoms with E-state index in [0.29, 0.717) is 18.7 Å². The van der Waals surface area contributed by atoms with Crippen LogP contribution < -0.4 is 9.80 Å². The molecule has 1 aliphatic carbocycles. The third-order valence-corrected chi connectivity index (χ3v) is 8.06. The van der Waals surface area contributed by atoms with Crippen LogP contribution in [0.1, 0.15) is 58.1 Å². The molecule has 2 fully saturated rings. The van der Waals surface area contributed by atoms with Crippen LogP contribution in [0.2, 0.25) is 0 Å². The summed E-state index contributed by atoms with van der Waals surface area (Å²) in [5, 5.41) is 9.39. The number of hydrogen-bond donors (Lipinski definition) is 0. The van der Waals surface area contributed by atoms with E-state index in [0.717, 1.165) is 36.8 Å². The van der Waals surface area contributed by atoms with Crippen LogP contribution in [0.5, 0.6) is 0 Å². The Balaban J connectivity index is 1.51. The zero-order chi connectivity index (χ0) is 25.0. The van der Waals surface area contributed by atoms with Gasteiger partial charge < -0.3 is 19.4 Å². The quantitative estimate of drug-likeness (QED) is 0.665. The Bertz CT molecular complexity index is 1190. The van der Waals surface area contributed by atoms with E-state index in [4.69, 9.17) is 14.7 Å². The molecule has 9 heteroatoms. The lowest BCUT2D eigenvalue weighted by Crippen LogP contribution is -2.62.